The zero-order valence-electron chi connectivity index (χ0n) is 18.6. The Morgan fingerprint density at radius 3 is 2.43 bits per heavy atom. The van der Waals surface area contributed by atoms with E-state index in [-0.39, 0.29) is 11.3 Å². The lowest BCUT2D eigenvalue weighted by molar-refractivity contribution is 0.0958. The fraction of sp³-hybridized carbons (Fsp3) is 0.346. The van der Waals surface area contributed by atoms with E-state index in [4.69, 9.17) is 0 Å². The lowest BCUT2D eigenvalue weighted by Crippen LogP contribution is -2.23. The van der Waals surface area contributed by atoms with Gasteiger partial charge in [0.2, 0.25) is 0 Å². The molecule has 0 unspecified atom stereocenters. The smallest absolute Gasteiger partial charge is 0.252 e. The Kier molecular flexibility index (Phi) is 6.64. The van der Waals surface area contributed by atoms with Crippen molar-refractivity contribution in [1.29, 1.82) is 0 Å². The Hall–Kier alpha value is -3.03. The number of rotatable bonds is 5. The first-order valence-electron chi connectivity index (χ1n) is 10.5. The van der Waals surface area contributed by atoms with Crippen LogP contribution in [0.3, 0.4) is 0 Å². The molecule has 0 aliphatic heterocycles. The summed E-state index contributed by atoms with van der Waals surface area (Å²) in [5, 5.41) is 7.27. The highest BCUT2D eigenvalue weighted by molar-refractivity contribution is 5.94. The van der Waals surface area contributed by atoms with Gasteiger partial charge in [0.15, 0.2) is 0 Å². The van der Waals surface area contributed by atoms with E-state index in [2.05, 4.69) is 79.0 Å². The molecule has 4 nitrogen and oxygen atoms in total. The predicted molar refractivity (Wildman–Crippen MR) is 125 cm³/mol. The Bertz CT molecular complexity index is 1090. The van der Waals surface area contributed by atoms with Gasteiger partial charge >= 0.3 is 0 Å². The minimum absolute atomic E-state index is 0.0754. The Labute approximate surface area is 179 Å². The Morgan fingerprint density at radius 1 is 1.07 bits per heavy atom. The first-order valence-corrected chi connectivity index (χ1v) is 10.5. The molecule has 0 aliphatic carbocycles. The molecule has 0 radical (unpaired) electrons. The Morgan fingerprint density at radius 2 is 1.80 bits per heavy atom. The van der Waals surface area contributed by atoms with Gasteiger partial charge in [0.05, 0.1) is 12.2 Å². The first kappa shape index (κ1) is 21.7. The van der Waals surface area contributed by atoms with E-state index >= 15 is 0 Å². The zero-order chi connectivity index (χ0) is 21.7. The molecule has 2 aromatic carbocycles. The van der Waals surface area contributed by atoms with Crippen molar-refractivity contribution in [2.75, 3.05) is 13.6 Å². The van der Waals surface area contributed by atoms with Gasteiger partial charge in [-0.3, -0.25) is 4.79 Å². The molecule has 1 aromatic heterocycles. The molecule has 156 valence electrons. The second-order valence-electron chi connectivity index (χ2n) is 8.51. The third-order valence-electron chi connectivity index (χ3n) is 5.23. The zero-order valence-corrected chi connectivity index (χ0v) is 18.6. The maximum Gasteiger partial charge on any atom is 0.252 e. The maximum absolute atomic E-state index is 12.4. The molecule has 0 atom stereocenters. The van der Waals surface area contributed by atoms with Crippen LogP contribution in [-0.4, -0.2) is 24.1 Å². The van der Waals surface area contributed by atoms with Crippen LogP contribution in [0.25, 0.3) is 10.9 Å². The molecule has 1 heterocycles. The Balaban J connectivity index is 1.69. The van der Waals surface area contributed by atoms with Crippen LogP contribution in [0.4, 0.5) is 0 Å². The van der Waals surface area contributed by atoms with Crippen LogP contribution in [0.5, 0.6) is 0 Å². The number of nitrogens with one attached hydrogen (secondary N) is 2. The largest absolute Gasteiger partial charge is 0.341 e. The van der Waals surface area contributed by atoms with Crippen molar-refractivity contribution in [3.63, 3.8) is 0 Å². The SMILES string of the molecule is CCn1c(C#CCNC(=O)c2ccc(C(C)(C)C)cc2)cc2cc(CNC)ccc21. The van der Waals surface area contributed by atoms with Crippen molar-refractivity contribution < 1.29 is 4.79 Å². The number of amides is 1. The monoisotopic (exact) mass is 401 g/mol. The van der Waals surface area contributed by atoms with Crippen LogP contribution in [0, 0.1) is 11.8 Å². The van der Waals surface area contributed by atoms with E-state index in [1.165, 1.54) is 22.0 Å². The van der Waals surface area contributed by atoms with Crippen LogP contribution in [-0.2, 0) is 18.5 Å². The molecule has 30 heavy (non-hydrogen) atoms. The molecule has 0 aliphatic rings. The van der Waals surface area contributed by atoms with Crippen LogP contribution in [0.2, 0.25) is 0 Å². The lowest BCUT2D eigenvalue weighted by atomic mass is 9.87. The summed E-state index contributed by atoms with van der Waals surface area (Å²) in [6, 6.07) is 16.4. The molecule has 4 heteroatoms. The molecule has 0 fully saturated rings. The normalized spacial score (nSPS) is 11.2. The molecule has 0 bridgehead atoms. The number of aryl methyl sites for hydroxylation is 1. The number of carbonyl (C=O) groups is 1. The number of carbonyl (C=O) groups excluding carboxylic acids is 1. The summed E-state index contributed by atoms with van der Waals surface area (Å²) < 4.78 is 2.21. The second-order valence-corrected chi connectivity index (χ2v) is 8.51. The highest BCUT2D eigenvalue weighted by Crippen LogP contribution is 2.22. The van der Waals surface area contributed by atoms with Gasteiger partial charge in [-0.05, 0) is 66.8 Å². The van der Waals surface area contributed by atoms with E-state index in [1.807, 2.05) is 31.3 Å². The summed E-state index contributed by atoms with van der Waals surface area (Å²) in [5.74, 6) is 6.22. The van der Waals surface area contributed by atoms with Crippen molar-refractivity contribution in [3.8, 4) is 11.8 Å². The number of aromatic nitrogens is 1. The molecular formula is C26H31N3O. The number of hydrogen-bond donors (Lipinski definition) is 2. The van der Waals surface area contributed by atoms with Gasteiger partial charge in [0.1, 0.15) is 0 Å². The van der Waals surface area contributed by atoms with E-state index in [0.717, 1.165) is 18.8 Å². The second kappa shape index (κ2) is 9.19. The molecule has 0 saturated heterocycles. The summed E-state index contributed by atoms with van der Waals surface area (Å²) in [4.78, 5) is 12.4. The van der Waals surface area contributed by atoms with Crippen molar-refractivity contribution in [1.82, 2.24) is 15.2 Å². The van der Waals surface area contributed by atoms with Gasteiger partial charge < -0.3 is 15.2 Å². The topological polar surface area (TPSA) is 46.1 Å². The third-order valence-corrected chi connectivity index (χ3v) is 5.23. The van der Waals surface area contributed by atoms with Gasteiger partial charge in [-0.2, -0.15) is 0 Å². The molecule has 0 spiro atoms. The highest BCUT2D eigenvalue weighted by atomic mass is 16.1. The van der Waals surface area contributed by atoms with Crippen molar-refractivity contribution in [3.05, 3.63) is 70.9 Å². The van der Waals surface area contributed by atoms with Gasteiger partial charge in [0.25, 0.3) is 5.91 Å². The van der Waals surface area contributed by atoms with Crippen molar-refractivity contribution in [2.24, 2.45) is 0 Å². The average Bonchev–Trinajstić information content (AvgIpc) is 3.07. The van der Waals surface area contributed by atoms with Gasteiger partial charge in [-0.15, -0.1) is 0 Å². The average molecular weight is 402 g/mol. The summed E-state index contributed by atoms with van der Waals surface area (Å²) in [5.41, 5.74) is 5.35. The standard InChI is InChI=1S/C26H31N3O/c1-6-29-23(17-21-16-19(18-27-5)9-14-24(21)29)8-7-15-28-25(30)20-10-12-22(13-11-20)26(2,3)4/h9-14,16-17,27H,6,15,18H2,1-5H3,(H,28,30). The molecule has 0 saturated carbocycles. The fourth-order valence-corrected chi connectivity index (χ4v) is 3.56. The maximum atomic E-state index is 12.4. The first-order chi connectivity index (χ1) is 14.3. The summed E-state index contributed by atoms with van der Waals surface area (Å²) in [7, 11) is 1.95. The predicted octanol–water partition coefficient (Wildman–Crippen LogP) is 4.46. The third kappa shape index (κ3) is 4.93. The fourth-order valence-electron chi connectivity index (χ4n) is 3.56. The van der Waals surface area contributed by atoms with E-state index in [1.54, 1.807) is 0 Å². The highest BCUT2D eigenvalue weighted by Gasteiger charge is 2.14. The summed E-state index contributed by atoms with van der Waals surface area (Å²) in [6.07, 6.45) is 0. The van der Waals surface area contributed by atoms with Gasteiger partial charge in [-0.25, -0.2) is 0 Å². The number of fused-ring (bicyclic) bond motifs is 1. The van der Waals surface area contributed by atoms with E-state index in [9.17, 15) is 4.79 Å². The number of benzene rings is 2. The van der Waals surface area contributed by atoms with Gasteiger partial charge in [0, 0.05) is 29.6 Å². The van der Waals surface area contributed by atoms with E-state index in [0.29, 0.717) is 12.1 Å². The van der Waals surface area contributed by atoms with Crippen LogP contribution in [0.15, 0.2) is 48.5 Å². The van der Waals surface area contributed by atoms with Crippen molar-refractivity contribution >= 4 is 16.8 Å². The molecule has 3 rings (SSSR count). The lowest BCUT2D eigenvalue weighted by Gasteiger charge is -2.18. The minimum Gasteiger partial charge on any atom is -0.341 e. The van der Waals surface area contributed by atoms with Crippen LogP contribution >= 0.6 is 0 Å². The summed E-state index contributed by atoms with van der Waals surface area (Å²) in [6.45, 7) is 10.6. The van der Waals surface area contributed by atoms with Gasteiger partial charge in [-0.1, -0.05) is 44.9 Å². The summed E-state index contributed by atoms with van der Waals surface area (Å²) >= 11 is 0. The van der Waals surface area contributed by atoms with E-state index < -0.39 is 0 Å². The number of hydrogen-bond acceptors (Lipinski definition) is 2. The molecule has 3 aromatic rings. The molecule has 1 amide bonds. The van der Waals surface area contributed by atoms with Crippen molar-refractivity contribution in [2.45, 2.75) is 46.2 Å². The minimum atomic E-state index is -0.0995. The molecular weight excluding hydrogens is 370 g/mol. The van der Waals surface area contributed by atoms with Crippen LogP contribution < -0.4 is 10.6 Å². The molecule has 2 N–H and O–H groups in total. The quantitative estimate of drug-likeness (QED) is 0.620. The number of nitrogens with zero attached hydrogens (tertiary/aromatic N) is 1. The van der Waals surface area contributed by atoms with Crippen LogP contribution in [0.1, 0.15) is 54.9 Å².